The van der Waals surface area contributed by atoms with Gasteiger partial charge in [-0.2, -0.15) is 5.10 Å². The fourth-order valence-corrected chi connectivity index (χ4v) is 2.73. The third-order valence-electron chi connectivity index (χ3n) is 4.12. The van der Waals surface area contributed by atoms with Crippen molar-refractivity contribution in [2.24, 2.45) is 0 Å². The van der Waals surface area contributed by atoms with Gasteiger partial charge in [0.25, 0.3) is 5.91 Å². The monoisotopic (exact) mass is 362 g/mol. The zero-order valence-corrected chi connectivity index (χ0v) is 15.3. The van der Waals surface area contributed by atoms with Crippen LogP contribution in [0.2, 0.25) is 0 Å². The topological polar surface area (TPSA) is 76.0 Å². The molecule has 27 heavy (non-hydrogen) atoms. The molecule has 1 heterocycles. The van der Waals surface area contributed by atoms with E-state index in [4.69, 9.17) is 0 Å². The van der Waals surface area contributed by atoms with Crippen LogP contribution in [0.4, 0.5) is 0 Å². The summed E-state index contributed by atoms with van der Waals surface area (Å²) in [7, 11) is 0. The van der Waals surface area contributed by atoms with Crippen LogP contribution in [0.1, 0.15) is 24.2 Å². The molecule has 3 aromatic rings. The van der Waals surface area contributed by atoms with Gasteiger partial charge in [0.15, 0.2) is 0 Å². The summed E-state index contributed by atoms with van der Waals surface area (Å²) in [5.41, 5.74) is 2.68. The van der Waals surface area contributed by atoms with Crippen LogP contribution in [0, 0.1) is 0 Å². The van der Waals surface area contributed by atoms with Crippen molar-refractivity contribution in [3.8, 4) is 16.9 Å². The molecular weight excluding hydrogens is 340 g/mol. The molecule has 138 valence electrons. The van der Waals surface area contributed by atoms with Gasteiger partial charge < -0.3 is 10.6 Å². The fraction of sp³-hybridized carbons (Fsp3) is 0.190. The largest absolute Gasteiger partial charge is 0.355 e. The molecule has 0 bridgehead atoms. The lowest BCUT2D eigenvalue weighted by molar-refractivity contribution is -0.122. The third kappa shape index (κ3) is 4.23. The zero-order valence-electron chi connectivity index (χ0n) is 15.3. The smallest absolute Gasteiger partial charge is 0.255 e. The van der Waals surface area contributed by atoms with Crippen molar-refractivity contribution in [3.05, 3.63) is 72.4 Å². The molecule has 0 spiro atoms. The number of hydrogen-bond acceptors (Lipinski definition) is 3. The lowest BCUT2D eigenvalue weighted by Crippen LogP contribution is -2.44. The number of carbonyl (C=O) groups is 2. The van der Waals surface area contributed by atoms with E-state index in [1.54, 1.807) is 17.8 Å². The molecule has 6 heteroatoms. The number of para-hydroxylation sites is 1. The Bertz CT molecular complexity index is 920. The summed E-state index contributed by atoms with van der Waals surface area (Å²) in [4.78, 5) is 24.8. The number of carbonyl (C=O) groups excluding carboxylic acids is 2. The van der Waals surface area contributed by atoms with Crippen LogP contribution in [-0.2, 0) is 4.79 Å². The molecule has 0 saturated heterocycles. The zero-order chi connectivity index (χ0) is 19.2. The third-order valence-corrected chi connectivity index (χ3v) is 4.12. The summed E-state index contributed by atoms with van der Waals surface area (Å²) in [6.07, 6.45) is 1.69. The van der Waals surface area contributed by atoms with Gasteiger partial charge in [0.2, 0.25) is 5.91 Å². The Labute approximate surface area is 158 Å². The number of rotatable bonds is 6. The highest BCUT2D eigenvalue weighted by Gasteiger charge is 2.22. The first-order chi connectivity index (χ1) is 13.1. The van der Waals surface area contributed by atoms with Crippen molar-refractivity contribution < 1.29 is 9.59 Å². The molecule has 0 aliphatic carbocycles. The van der Waals surface area contributed by atoms with Crippen LogP contribution >= 0.6 is 0 Å². The van der Waals surface area contributed by atoms with Crippen LogP contribution in [0.25, 0.3) is 16.9 Å². The molecule has 2 amide bonds. The van der Waals surface area contributed by atoms with Gasteiger partial charge in [-0.25, -0.2) is 4.68 Å². The predicted molar refractivity (Wildman–Crippen MR) is 105 cm³/mol. The van der Waals surface area contributed by atoms with Gasteiger partial charge >= 0.3 is 0 Å². The van der Waals surface area contributed by atoms with E-state index in [2.05, 4.69) is 15.7 Å². The molecule has 2 aromatic carbocycles. The standard InChI is InChI=1S/C21H22N4O2/c1-3-22-20(26)15(2)23-21(27)18-14-25(17-12-8-5-9-13-17)24-19(18)16-10-6-4-7-11-16/h4-15H,3H2,1-2H3,(H,22,26)(H,23,27). The molecule has 0 aliphatic heterocycles. The van der Waals surface area contributed by atoms with Crippen LogP contribution in [0.5, 0.6) is 0 Å². The Hall–Kier alpha value is -3.41. The summed E-state index contributed by atoms with van der Waals surface area (Å²) in [6, 6.07) is 18.5. The molecule has 0 saturated carbocycles. The minimum absolute atomic E-state index is 0.220. The molecule has 1 atom stereocenters. The lowest BCUT2D eigenvalue weighted by atomic mass is 10.1. The molecule has 2 N–H and O–H groups in total. The van der Waals surface area contributed by atoms with E-state index >= 15 is 0 Å². The van der Waals surface area contributed by atoms with Gasteiger partial charge in [0, 0.05) is 18.3 Å². The highest BCUT2D eigenvalue weighted by atomic mass is 16.2. The maximum atomic E-state index is 12.9. The summed E-state index contributed by atoms with van der Waals surface area (Å²) in [5, 5.41) is 10.1. The normalized spacial score (nSPS) is 11.6. The quantitative estimate of drug-likeness (QED) is 0.708. The van der Waals surface area contributed by atoms with E-state index in [0.29, 0.717) is 17.8 Å². The first-order valence-corrected chi connectivity index (χ1v) is 8.89. The maximum Gasteiger partial charge on any atom is 0.255 e. The Balaban J connectivity index is 1.96. The van der Waals surface area contributed by atoms with Crippen LogP contribution < -0.4 is 10.6 Å². The number of hydrogen-bond donors (Lipinski definition) is 2. The van der Waals surface area contributed by atoms with Gasteiger partial charge in [0.1, 0.15) is 11.7 Å². The van der Waals surface area contributed by atoms with Gasteiger partial charge in [-0.3, -0.25) is 9.59 Å². The second-order valence-corrected chi connectivity index (χ2v) is 6.13. The SMILES string of the molecule is CCNC(=O)C(C)NC(=O)c1cn(-c2ccccc2)nc1-c1ccccc1. The van der Waals surface area contributed by atoms with E-state index < -0.39 is 6.04 Å². The van der Waals surface area contributed by atoms with Crippen LogP contribution in [0.3, 0.4) is 0 Å². The Morgan fingerprint density at radius 2 is 1.67 bits per heavy atom. The van der Waals surface area contributed by atoms with Crippen LogP contribution in [0.15, 0.2) is 66.9 Å². The fourth-order valence-electron chi connectivity index (χ4n) is 2.73. The minimum Gasteiger partial charge on any atom is -0.355 e. The summed E-state index contributed by atoms with van der Waals surface area (Å²) in [5.74, 6) is -0.558. The second kappa shape index (κ2) is 8.31. The summed E-state index contributed by atoms with van der Waals surface area (Å²) < 4.78 is 1.67. The van der Waals surface area contributed by atoms with Gasteiger partial charge in [-0.1, -0.05) is 48.5 Å². The molecule has 0 radical (unpaired) electrons. The van der Waals surface area contributed by atoms with Gasteiger partial charge in [-0.15, -0.1) is 0 Å². The van der Waals surface area contributed by atoms with Crippen molar-refractivity contribution in [1.29, 1.82) is 0 Å². The number of nitrogens with one attached hydrogen (secondary N) is 2. The van der Waals surface area contributed by atoms with Gasteiger partial charge in [-0.05, 0) is 26.0 Å². The number of likely N-dealkylation sites (N-methyl/N-ethyl adjacent to an activating group) is 1. The van der Waals surface area contributed by atoms with E-state index in [1.807, 2.05) is 67.6 Å². The maximum absolute atomic E-state index is 12.9. The molecule has 6 nitrogen and oxygen atoms in total. The van der Waals surface area contributed by atoms with E-state index in [1.165, 1.54) is 0 Å². The lowest BCUT2D eigenvalue weighted by Gasteiger charge is -2.13. The van der Waals surface area contributed by atoms with E-state index in [9.17, 15) is 9.59 Å². The number of benzene rings is 2. The highest BCUT2D eigenvalue weighted by molar-refractivity contribution is 6.02. The molecule has 0 aliphatic rings. The van der Waals surface area contributed by atoms with Crippen LogP contribution in [-0.4, -0.2) is 34.2 Å². The minimum atomic E-state index is -0.638. The first kappa shape index (κ1) is 18.4. The number of nitrogens with zero attached hydrogens (tertiary/aromatic N) is 2. The highest BCUT2D eigenvalue weighted by Crippen LogP contribution is 2.23. The average Bonchev–Trinajstić information content (AvgIpc) is 3.15. The molecule has 1 aromatic heterocycles. The van der Waals surface area contributed by atoms with Crippen molar-refractivity contribution >= 4 is 11.8 Å². The summed E-state index contributed by atoms with van der Waals surface area (Å²) >= 11 is 0. The summed E-state index contributed by atoms with van der Waals surface area (Å²) in [6.45, 7) is 4.01. The molecule has 0 fully saturated rings. The molecular formula is C21H22N4O2. The molecule has 3 rings (SSSR count). The van der Waals surface area contributed by atoms with Crippen molar-refractivity contribution in [1.82, 2.24) is 20.4 Å². The van der Waals surface area contributed by atoms with Gasteiger partial charge in [0.05, 0.1) is 11.3 Å². The Morgan fingerprint density at radius 1 is 1.04 bits per heavy atom. The number of aromatic nitrogens is 2. The predicted octanol–water partition coefficient (Wildman–Crippen LogP) is 2.79. The van der Waals surface area contributed by atoms with Crippen molar-refractivity contribution in [3.63, 3.8) is 0 Å². The molecule has 1 unspecified atom stereocenters. The number of amides is 2. The average molecular weight is 362 g/mol. The second-order valence-electron chi connectivity index (χ2n) is 6.13. The Kier molecular flexibility index (Phi) is 5.66. The van der Waals surface area contributed by atoms with Crippen molar-refractivity contribution in [2.75, 3.05) is 6.54 Å². The van der Waals surface area contributed by atoms with E-state index in [-0.39, 0.29) is 11.8 Å². The Morgan fingerprint density at radius 3 is 2.30 bits per heavy atom. The van der Waals surface area contributed by atoms with Crippen molar-refractivity contribution in [2.45, 2.75) is 19.9 Å². The van der Waals surface area contributed by atoms with E-state index in [0.717, 1.165) is 11.3 Å². The first-order valence-electron chi connectivity index (χ1n) is 8.89.